The number of aromatic nitrogens is 3. The van der Waals surface area contributed by atoms with Crippen molar-refractivity contribution in [3.05, 3.63) is 53.9 Å². The van der Waals surface area contributed by atoms with E-state index < -0.39 is 23.4 Å². The number of anilines is 1. The zero-order valence-corrected chi connectivity index (χ0v) is 24.4. The molecule has 10 nitrogen and oxygen atoms in total. The van der Waals surface area contributed by atoms with Crippen LogP contribution in [-0.4, -0.2) is 56.6 Å². The first kappa shape index (κ1) is 29.9. The number of carbonyl (C=O) groups is 2. The summed E-state index contributed by atoms with van der Waals surface area (Å²) < 4.78 is 12.7. The minimum absolute atomic E-state index is 0.169. The molecule has 3 rings (SSSR count). The Balaban J connectivity index is 1.67. The largest absolute Gasteiger partial charge is 0.444 e. The lowest BCUT2D eigenvalue weighted by Crippen LogP contribution is -2.35. The van der Waals surface area contributed by atoms with E-state index in [2.05, 4.69) is 20.6 Å². The maximum absolute atomic E-state index is 12.5. The molecule has 2 heterocycles. The quantitative estimate of drug-likeness (QED) is 0.355. The van der Waals surface area contributed by atoms with Crippen molar-refractivity contribution >= 4 is 28.9 Å². The summed E-state index contributed by atoms with van der Waals surface area (Å²) in [5.41, 5.74) is 1.56. The Bertz CT molecular complexity index is 1260. The number of benzene rings is 1. The molecular weight excluding hydrogens is 496 g/mol. The third-order valence-corrected chi connectivity index (χ3v) is 5.76. The fourth-order valence-electron chi connectivity index (χ4n) is 4.23. The van der Waals surface area contributed by atoms with Crippen LogP contribution in [0.25, 0.3) is 10.9 Å². The summed E-state index contributed by atoms with van der Waals surface area (Å²) >= 11 is 0. The van der Waals surface area contributed by atoms with Crippen molar-refractivity contribution in [2.24, 2.45) is 7.05 Å². The van der Waals surface area contributed by atoms with Crippen molar-refractivity contribution < 1.29 is 19.1 Å². The number of nitrogens with zero attached hydrogens (tertiary/aromatic N) is 4. The molecule has 1 atom stereocenters. The van der Waals surface area contributed by atoms with Crippen LogP contribution >= 0.6 is 0 Å². The summed E-state index contributed by atoms with van der Waals surface area (Å²) in [6, 6.07) is 11.5. The summed E-state index contributed by atoms with van der Waals surface area (Å²) in [6.07, 6.45) is 2.34. The average molecular weight is 539 g/mol. The van der Waals surface area contributed by atoms with E-state index in [0.717, 1.165) is 41.5 Å². The summed E-state index contributed by atoms with van der Waals surface area (Å²) in [4.78, 5) is 31.7. The maximum atomic E-state index is 12.5. The van der Waals surface area contributed by atoms with E-state index in [1.807, 2.05) is 86.0 Å². The van der Waals surface area contributed by atoms with Gasteiger partial charge in [-0.1, -0.05) is 30.3 Å². The highest BCUT2D eigenvalue weighted by molar-refractivity contribution is 5.89. The van der Waals surface area contributed by atoms with Gasteiger partial charge in [0.2, 0.25) is 0 Å². The van der Waals surface area contributed by atoms with Gasteiger partial charge in [0.1, 0.15) is 17.0 Å². The lowest BCUT2D eigenvalue weighted by Gasteiger charge is -2.25. The van der Waals surface area contributed by atoms with Crippen molar-refractivity contribution in [1.29, 1.82) is 0 Å². The highest BCUT2D eigenvalue weighted by atomic mass is 16.6. The molecule has 212 valence electrons. The Morgan fingerprint density at radius 1 is 1.03 bits per heavy atom. The molecule has 0 radical (unpaired) electrons. The molecule has 3 aromatic rings. The van der Waals surface area contributed by atoms with E-state index >= 15 is 0 Å². The fraction of sp³-hybridized carbons (Fsp3) is 0.517. The van der Waals surface area contributed by atoms with E-state index in [9.17, 15) is 9.59 Å². The standard InChI is InChI=1S/C29H42N6O4/c1-28(2,3)38-26(36)32-22(20-13-10-9-11-14-20)15-12-16-34(7)19-23-25-21(18-30-35(25)8)17-24(31-23)33-27(37)39-29(4,5)6/h9-11,13-14,17-18,22H,12,15-16,19H2,1-8H3,(H,32,36)(H,31,33,37). The van der Waals surface area contributed by atoms with Crippen LogP contribution in [-0.2, 0) is 23.1 Å². The van der Waals surface area contributed by atoms with Crippen LogP contribution in [0.2, 0.25) is 0 Å². The van der Waals surface area contributed by atoms with Gasteiger partial charge < -0.3 is 19.7 Å². The van der Waals surface area contributed by atoms with Gasteiger partial charge in [-0.2, -0.15) is 5.10 Å². The summed E-state index contributed by atoms with van der Waals surface area (Å²) in [5.74, 6) is 0.416. The fourth-order valence-corrected chi connectivity index (χ4v) is 4.23. The van der Waals surface area contributed by atoms with Gasteiger partial charge in [0.25, 0.3) is 0 Å². The van der Waals surface area contributed by atoms with Gasteiger partial charge in [0, 0.05) is 19.0 Å². The molecule has 0 aliphatic carbocycles. The van der Waals surface area contributed by atoms with Crippen molar-refractivity contribution in [3.8, 4) is 0 Å². The zero-order chi connectivity index (χ0) is 28.8. The van der Waals surface area contributed by atoms with Gasteiger partial charge in [0.05, 0.1) is 23.4 Å². The number of hydrogen-bond donors (Lipinski definition) is 2. The third kappa shape index (κ3) is 9.55. The monoisotopic (exact) mass is 538 g/mol. The number of fused-ring (bicyclic) bond motifs is 1. The Kier molecular flexibility index (Phi) is 9.55. The molecule has 1 unspecified atom stereocenters. The van der Waals surface area contributed by atoms with Gasteiger partial charge >= 0.3 is 12.2 Å². The van der Waals surface area contributed by atoms with Gasteiger partial charge in [0.15, 0.2) is 0 Å². The molecule has 2 aromatic heterocycles. The van der Waals surface area contributed by atoms with Crippen LogP contribution < -0.4 is 10.6 Å². The second-order valence-corrected chi connectivity index (χ2v) is 11.8. The normalized spacial score (nSPS) is 12.8. The molecule has 1 aromatic carbocycles. The number of carbonyl (C=O) groups excluding carboxylic acids is 2. The second-order valence-electron chi connectivity index (χ2n) is 11.8. The molecule has 10 heteroatoms. The lowest BCUT2D eigenvalue weighted by atomic mass is 10.0. The Morgan fingerprint density at radius 2 is 1.67 bits per heavy atom. The summed E-state index contributed by atoms with van der Waals surface area (Å²) in [5, 5.41) is 11.0. The van der Waals surface area contributed by atoms with E-state index in [0.29, 0.717) is 12.4 Å². The molecule has 0 spiro atoms. The number of alkyl carbamates (subject to hydrolysis) is 1. The first-order valence-electron chi connectivity index (χ1n) is 13.2. The van der Waals surface area contributed by atoms with E-state index in [1.54, 1.807) is 16.9 Å². The topological polar surface area (TPSA) is 111 Å². The van der Waals surface area contributed by atoms with E-state index in [1.165, 1.54) is 0 Å². The van der Waals surface area contributed by atoms with E-state index in [4.69, 9.17) is 14.5 Å². The SMILES string of the molecule is CN(CCCC(NC(=O)OC(C)(C)C)c1ccccc1)Cc1nc(NC(=O)OC(C)(C)C)cc2cnn(C)c12. The smallest absolute Gasteiger partial charge is 0.413 e. The van der Waals surface area contributed by atoms with Crippen LogP contribution in [0.1, 0.15) is 71.7 Å². The highest BCUT2D eigenvalue weighted by Crippen LogP contribution is 2.23. The molecule has 0 bridgehead atoms. The molecule has 0 aliphatic heterocycles. The second kappa shape index (κ2) is 12.5. The third-order valence-electron chi connectivity index (χ3n) is 5.76. The van der Waals surface area contributed by atoms with Crippen molar-refractivity contribution in [3.63, 3.8) is 0 Å². The van der Waals surface area contributed by atoms with Crippen molar-refractivity contribution in [2.75, 3.05) is 18.9 Å². The molecule has 2 amide bonds. The predicted octanol–water partition coefficient (Wildman–Crippen LogP) is 5.79. The van der Waals surface area contributed by atoms with Crippen molar-refractivity contribution in [2.45, 2.75) is 78.2 Å². The predicted molar refractivity (Wildman–Crippen MR) is 152 cm³/mol. The Labute approximate surface area is 231 Å². The number of ether oxygens (including phenoxy) is 2. The number of nitrogens with one attached hydrogen (secondary N) is 2. The van der Waals surface area contributed by atoms with E-state index in [-0.39, 0.29) is 6.04 Å². The zero-order valence-electron chi connectivity index (χ0n) is 24.4. The molecule has 39 heavy (non-hydrogen) atoms. The molecule has 0 fully saturated rings. The van der Waals surface area contributed by atoms with Crippen LogP contribution in [0.4, 0.5) is 15.4 Å². The van der Waals surface area contributed by atoms with Gasteiger partial charge in [-0.25, -0.2) is 14.6 Å². The van der Waals surface area contributed by atoms with Crippen LogP contribution in [0, 0.1) is 0 Å². The maximum Gasteiger partial charge on any atom is 0.413 e. The average Bonchev–Trinajstić information content (AvgIpc) is 3.17. The lowest BCUT2D eigenvalue weighted by molar-refractivity contribution is 0.0499. The summed E-state index contributed by atoms with van der Waals surface area (Å²) in [7, 11) is 3.90. The minimum Gasteiger partial charge on any atom is -0.444 e. The van der Waals surface area contributed by atoms with Gasteiger partial charge in [-0.05, 0) is 79.6 Å². The summed E-state index contributed by atoms with van der Waals surface area (Å²) in [6.45, 7) is 12.3. The molecule has 0 saturated carbocycles. The minimum atomic E-state index is -0.610. The first-order valence-corrected chi connectivity index (χ1v) is 13.2. The number of aryl methyl sites for hydroxylation is 1. The number of pyridine rings is 1. The van der Waals surface area contributed by atoms with Gasteiger partial charge in [-0.3, -0.25) is 10.00 Å². The van der Waals surface area contributed by atoms with Crippen molar-refractivity contribution in [1.82, 2.24) is 25.0 Å². The molecular formula is C29H42N6O4. The number of amides is 2. The van der Waals surface area contributed by atoms with Crippen LogP contribution in [0.5, 0.6) is 0 Å². The molecule has 0 saturated heterocycles. The number of rotatable bonds is 9. The Morgan fingerprint density at radius 3 is 2.31 bits per heavy atom. The molecule has 0 aliphatic rings. The molecule has 2 N–H and O–H groups in total. The van der Waals surface area contributed by atoms with Crippen LogP contribution in [0.15, 0.2) is 42.6 Å². The highest BCUT2D eigenvalue weighted by Gasteiger charge is 2.21. The first-order chi connectivity index (χ1) is 18.2. The van der Waals surface area contributed by atoms with Gasteiger partial charge in [-0.15, -0.1) is 0 Å². The van der Waals surface area contributed by atoms with Crippen LogP contribution in [0.3, 0.4) is 0 Å². The number of hydrogen-bond acceptors (Lipinski definition) is 7. The Hall–Kier alpha value is -3.66.